The number of ether oxygens (including phenoxy) is 1. The molecule has 1 aromatic rings. The highest BCUT2D eigenvalue weighted by Crippen LogP contribution is 2.20. The van der Waals surface area contributed by atoms with Crippen LogP contribution in [0.15, 0.2) is 12.1 Å². The molecule has 1 saturated carbocycles. The van der Waals surface area contributed by atoms with Crippen LogP contribution >= 0.6 is 11.6 Å². The number of anilines is 1. The Morgan fingerprint density at radius 3 is 2.86 bits per heavy atom. The van der Waals surface area contributed by atoms with Gasteiger partial charge in [0.2, 0.25) is 0 Å². The summed E-state index contributed by atoms with van der Waals surface area (Å²) in [6.45, 7) is 1.05. The summed E-state index contributed by atoms with van der Waals surface area (Å²) >= 11 is 5.88. The van der Waals surface area contributed by atoms with E-state index >= 15 is 0 Å². The highest BCUT2D eigenvalue weighted by Gasteiger charge is 2.13. The summed E-state index contributed by atoms with van der Waals surface area (Å²) in [7, 11) is 1.73. The van der Waals surface area contributed by atoms with E-state index in [1.165, 1.54) is 19.3 Å². The van der Waals surface area contributed by atoms with E-state index in [-0.39, 0.29) is 5.91 Å². The summed E-state index contributed by atoms with van der Waals surface area (Å²) in [4.78, 5) is 16.1. The van der Waals surface area contributed by atoms with Crippen LogP contribution in [0.25, 0.3) is 0 Å². The van der Waals surface area contributed by atoms with Gasteiger partial charge < -0.3 is 15.4 Å². The molecular weight excluding hydrogens is 290 g/mol. The van der Waals surface area contributed by atoms with Gasteiger partial charge in [0.25, 0.3) is 5.91 Å². The monoisotopic (exact) mass is 311 g/mol. The lowest BCUT2D eigenvalue weighted by Gasteiger charge is -2.22. The van der Waals surface area contributed by atoms with Gasteiger partial charge in [-0.25, -0.2) is 4.98 Å². The van der Waals surface area contributed by atoms with Crippen LogP contribution in [0.5, 0.6) is 0 Å². The second-order valence-electron chi connectivity index (χ2n) is 5.20. The zero-order valence-corrected chi connectivity index (χ0v) is 13.1. The van der Waals surface area contributed by atoms with Crippen molar-refractivity contribution in [3.63, 3.8) is 0 Å². The number of nitrogens with zero attached hydrogens (tertiary/aromatic N) is 1. The lowest BCUT2D eigenvalue weighted by Crippen LogP contribution is -2.29. The van der Waals surface area contributed by atoms with Gasteiger partial charge in [0.05, 0.1) is 12.7 Å². The Hall–Kier alpha value is -1.33. The van der Waals surface area contributed by atoms with E-state index in [0.717, 1.165) is 12.8 Å². The molecule has 1 aliphatic carbocycles. The van der Waals surface area contributed by atoms with Crippen molar-refractivity contribution in [3.8, 4) is 0 Å². The average molecular weight is 312 g/mol. The molecule has 21 heavy (non-hydrogen) atoms. The van der Waals surface area contributed by atoms with Crippen molar-refractivity contribution in [1.82, 2.24) is 10.3 Å². The topological polar surface area (TPSA) is 63.2 Å². The first-order valence-corrected chi connectivity index (χ1v) is 7.82. The number of halogens is 1. The van der Waals surface area contributed by atoms with Crippen molar-refractivity contribution in [2.45, 2.75) is 38.2 Å². The summed E-state index contributed by atoms with van der Waals surface area (Å²) in [5, 5.41) is 6.01. The fourth-order valence-corrected chi connectivity index (χ4v) is 2.69. The number of carbonyl (C=O) groups excluding carboxylic acids is 1. The van der Waals surface area contributed by atoms with Crippen LogP contribution in [-0.4, -0.2) is 37.2 Å². The fourth-order valence-electron chi connectivity index (χ4n) is 2.48. The van der Waals surface area contributed by atoms with E-state index < -0.39 is 0 Å². The molecule has 0 spiro atoms. The minimum absolute atomic E-state index is 0.164. The molecule has 0 saturated heterocycles. The first kappa shape index (κ1) is 16.0. The minimum atomic E-state index is -0.164. The van der Waals surface area contributed by atoms with Crippen molar-refractivity contribution in [2.24, 2.45) is 0 Å². The van der Waals surface area contributed by atoms with E-state index in [2.05, 4.69) is 15.6 Å². The molecule has 2 N–H and O–H groups in total. The smallest absolute Gasteiger partial charge is 0.251 e. The maximum atomic E-state index is 12.0. The van der Waals surface area contributed by atoms with Crippen LogP contribution < -0.4 is 10.6 Å². The number of aromatic nitrogens is 1. The molecule has 0 radical (unpaired) electrons. The second kappa shape index (κ2) is 8.20. The van der Waals surface area contributed by atoms with Crippen molar-refractivity contribution in [3.05, 3.63) is 22.8 Å². The van der Waals surface area contributed by atoms with Crippen LogP contribution in [0.2, 0.25) is 5.15 Å². The third-order valence-electron chi connectivity index (χ3n) is 3.61. The number of hydrogen-bond donors (Lipinski definition) is 2. The second-order valence-corrected chi connectivity index (χ2v) is 5.59. The first-order valence-electron chi connectivity index (χ1n) is 7.44. The minimum Gasteiger partial charge on any atom is -0.376 e. The molecule has 1 aromatic heterocycles. The summed E-state index contributed by atoms with van der Waals surface area (Å²) in [6, 6.07) is 3.23. The van der Waals surface area contributed by atoms with E-state index in [9.17, 15) is 4.79 Å². The Morgan fingerprint density at radius 2 is 2.14 bits per heavy atom. The van der Waals surface area contributed by atoms with Gasteiger partial charge in [-0.2, -0.15) is 0 Å². The number of rotatable bonds is 6. The van der Waals surface area contributed by atoms with Gasteiger partial charge in [-0.15, -0.1) is 0 Å². The number of pyridine rings is 1. The third-order valence-corrected chi connectivity index (χ3v) is 3.80. The normalized spacial score (nSPS) is 15.7. The highest BCUT2D eigenvalue weighted by molar-refractivity contribution is 6.29. The summed E-state index contributed by atoms with van der Waals surface area (Å²) in [5.41, 5.74) is 0.497. The molecule has 1 aliphatic rings. The number of nitrogens with one attached hydrogen (secondary N) is 2. The Balaban J connectivity index is 1.75. The standard InChI is InChI=1S/C15H22ClN3O2/c1-17-14-10-11(9-13(16)19-14)15(20)18-7-8-21-12-5-3-2-4-6-12/h9-10,12H,2-8H2,1H3,(H,17,19)(H,18,20). The summed E-state index contributed by atoms with van der Waals surface area (Å²) in [5.74, 6) is 0.411. The van der Waals surface area contributed by atoms with Crippen LogP contribution in [0.3, 0.4) is 0 Å². The largest absolute Gasteiger partial charge is 0.376 e. The molecule has 5 nitrogen and oxygen atoms in total. The molecule has 0 bridgehead atoms. The van der Waals surface area contributed by atoms with Gasteiger partial charge in [-0.1, -0.05) is 30.9 Å². The quantitative estimate of drug-likeness (QED) is 0.626. The Kier molecular flexibility index (Phi) is 6.26. The van der Waals surface area contributed by atoms with E-state index in [0.29, 0.717) is 35.8 Å². The summed E-state index contributed by atoms with van der Waals surface area (Å²) < 4.78 is 5.77. The molecular formula is C15H22ClN3O2. The molecule has 116 valence electrons. The highest BCUT2D eigenvalue weighted by atomic mass is 35.5. The number of hydrogen-bond acceptors (Lipinski definition) is 4. The van der Waals surface area contributed by atoms with Gasteiger partial charge >= 0.3 is 0 Å². The van der Waals surface area contributed by atoms with Crippen molar-refractivity contribution >= 4 is 23.3 Å². The lowest BCUT2D eigenvalue weighted by atomic mass is 9.98. The van der Waals surface area contributed by atoms with Crippen molar-refractivity contribution in [2.75, 3.05) is 25.5 Å². The third kappa shape index (κ3) is 5.17. The molecule has 6 heteroatoms. The van der Waals surface area contributed by atoms with E-state index in [4.69, 9.17) is 16.3 Å². The van der Waals surface area contributed by atoms with Crippen LogP contribution in [0.4, 0.5) is 5.82 Å². The van der Waals surface area contributed by atoms with Gasteiger partial charge in [0, 0.05) is 19.2 Å². The molecule has 0 aromatic carbocycles. The molecule has 1 fully saturated rings. The Labute approximate surface area is 130 Å². The maximum Gasteiger partial charge on any atom is 0.251 e. The molecule has 1 amide bonds. The van der Waals surface area contributed by atoms with Crippen molar-refractivity contribution < 1.29 is 9.53 Å². The van der Waals surface area contributed by atoms with Crippen molar-refractivity contribution in [1.29, 1.82) is 0 Å². The van der Waals surface area contributed by atoms with Crippen LogP contribution in [0, 0.1) is 0 Å². The summed E-state index contributed by atoms with van der Waals surface area (Å²) in [6.07, 6.45) is 6.45. The Bertz CT molecular complexity index is 476. The maximum absolute atomic E-state index is 12.0. The Morgan fingerprint density at radius 1 is 1.38 bits per heavy atom. The predicted molar refractivity (Wildman–Crippen MR) is 84.0 cm³/mol. The molecule has 1 heterocycles. The van der Waals surface area contributed by atoms with E-state index in [1.807, 2.05) is 0 Å². The molecule has 2 rings (SSSR count). The SMILES string of the molecule is CNc1cc(C(=O)NCCOC2CCCCC2)cc(Cl)n1. The average Bonchev–Trinajstić information content (AvgIpc) is 2.51. The van der Waals surface area contributed by atoms with Gasteiger partial charge in [-0.05, 0) is 25.0 Å². The molecule has 0 aliphatic heterocycles. The van der Waals surface area contributed by atoms with Crippen LogP contribution in [-0.2, 0) is 4.74 Å². The number of amides is 1. The van der Waals surface area contributed by atoms with E-state index in [1.54, 1.807) is 19.2 Å². The van der Waals surface area contributed by atoms with Gasteiger partial charge in [0.15, 0.2) is 0 Å². The first-order chi connectivity index (χ1) is 10.2. The lowest BCUT2D eigenvalue weighted by molar-refractivity contribution is 0.0299. The molecule has 0 atom stereocenters. The number of carbonyl (C=O) groups is 1. The zero-order valence-electron chi connectivity index (χ0n) is 12.3. The predicted octanol–water partition coefficient (Wildman–Crippen LogP) is 2.86. The fraction of sp³-hybridized carbons (Fsp3) is 0.600. The van der Waals surface area contributed by atoms with Crippen LogP contribution in [0.1, 0.15) is 42.5 Å². The van der Waals surface area contributed by atoms with Gasteiger partial charge in [0.1, 0.15) is 11.0 Å². The van der Waals surface area contributed by atoms with Gasteiger partial charge in [-0.3, -0.25) is 4.79 Å². The molecule has 0 unspecified atom stereocenters. The zero-order chi connectivity index (χ0) is 15.1.